The normalized spacial score (nSPS) is 29.2. The van der Waals surface area contributed by atoms with Crippen LogP contribution in [0.5, 0.6) is 0 Å². The molecule has 0 radical (unpaired) electrons. The number of carbonyl (C=O) groups is 12. The van der Waals surface area contributed by atoms with E-state index in [1.165, 1.54) is 104 Å². The van der Waals surface area contributed by atoms with E-state index in [4.69, 9.17) is 23.2 Å². The van der Waals surface area contributed by atoms with Crippen LogP contribution >= 0.6 is 35.0 Å². The Hall–Kier alpha value is -5.43. The van der Waals surface area contributed by atoms with Gasteiger partial charge in [-0.05, 0) is 127 Å². The molecule has 4 aliphatic rings. The molecule has 12 amide bonds. The van der Waals surface area contributed by atoms with Gasteiger partial charge in [-0.15, -0.1) is 35.0 Å². The second-order valence-electron chi connectivity index (χ2n) is 28.0. The summed E-state index contributed by atoms with van der Waals surface area (Å²) in [7, 11) is 9.98. The van der Waals surface area contributed by atoms with Gasteiger partial charge in [-0.25, -0.2) is 0 Å². The number of rotatable bonds is 14. The van der Waals surface area contributed by atoms with Crippen LogP contribution in [-0.4, -0.2) is 255 Å². The van der Waals surface area contributed by atoms with E-state index >= 15 is 4.79 Å². The first-order valence-electron chi connectivity index (χ1n) is 33.8. The predicted molar refractivity (Wildman–Crippen MR) is 361 cm³/mol. The number of carbonyl (C=O) groups excluding carboxylic acids is 12. The molecule has 3 saturated heterocycles. The van der Waals surface area contributed by atoms with Gasteiger partial charge in [0.25, 0.3) is 0 Å². The van der Waals surface area contributed by atoms with Crippen LogP contribution in [0.1, 0.15) is 178 Å². The third kappa shape index (κ3) is 23.1. The summed E-state index contributed by atoms with van der Waals surface area (Å²) in [5.74, 6) is -8.41. The number of hydrogen-bond acceptors (Lipinski definition) is 13. The molecule has 3 heterocycles. The van der Waals surface area contributed by atoms with Crippen molar-refractivity contribution in [2.24, 2.45) is 23.7 Å². The van der Waals surface area contributed by atoms with Gasteiger partial charge in [0.2, 0.25) is 70.9 Å². The summed E-state index contributed by atoms with van der Waals surface area (Å²) in [4.78, 5) is 186. The zero-order valence-corrected chi connectivity index (χ0v) is 60.8. The minimum Gasteiger partial charge on any atom is -0.343 e. The standard InChI is InChI=1S/C66H112Cl2N12O12S/c1-17-19-23-46-61(88)79(16)66(8,9)65(92)71-48(32-40(3)4)60(87)78(15)51(63(90)80-30-21-20-22-31-80)36-54(82)76(13)49(33-41(5)6)59(86)72-57(42(7)18-2)64(91)75(12)38-55(83)73(10)39-56(84)77(14)50(34-43-24-26-44(67)27-25-43)62(89)74(11)37-53(81)69-47(58(85)70-46)35-45-28-29-52(68)93-45/h40-52,57H,17-39H2,1-16H3,(H,69,81)(H,70,85)(H,71,92)(H,72,86)/t42-,43?,44?,45?,46-,47-,48-,49-,50-,51-,52?,57-/m0/s1. The Labute approximate surface area is 567 Å². The van der Waals surface area contributed by atoms with Crippen molar-refractivity contribution in [1.82, 2.24) is 60.5 Å². The fourth-order valence-electron chi connectivity index (χ4n) is 12.5. The van der Waals surface area contributed by atoms with Crippen LogP contribution in [0.4, 0.5) is 0 Å². The van der Waals surface area contributed by atoms with Gasteiger partial charge in [0.15, 0.2) is 0 Å². The van der Waals surface area contributed by atoms with E-state index in [0.717, 1.165) is 11.3 Å². The lowest BCUT2D eigenvalue weighted by atomic mass is 9.84. The van der Waals surface area contributed by atoms with Crippen molar-refractivity contribution in [2.45, 2.75) is 241 Å². The first-order valence-corrected chi connectivity index (χ1v) is 35.6. The highest BCUT2D eigenvalue weighted by Gasteiger charge is 2.45. The van der Waals surface area contributed by atoms with Crippen molar-refractivity contribution >= 4 is 106 Å². The molecule has 1 aliphatic carbocycles. The molecule has 0 spiro atoms. The Balaban J connectivity index is 1.85. The maximum Gasteiger partial charge on any atom is 0.246 e. The molecule has 2 unspecified atom stereocenters. The lowest BCUT2D eigenvalue weighted by Crippen LogP contribution is -2.63. The third-order valence-electron chi connectivity index (χ3n) is 19.3. The summed E-state index contributed by atoms with van der Waals surface area (Å²) in [6.45, 7) is 15.3. The molecule has 4 N–H and O–H groups in total. The number of likely N-dealkylation sites (tertiary alicyclic amines) is 1. The van der Waals surface area contributed by atoms with Gasteiger partial charge in [-0.3, -0.25) is 57.5 Å². The summed E-state index contributed by atoms with van der Waals surface area (Å²) in [5.41, 5.74) is -1.67. The topological polar surface area (TPSA) is 279 Å². The average Bonchev–Trinajstić information content (AvgIpc) is 1.25. The molecular weight excluding hydrogens is 1260 g/mol. The van der Waals surface area contributed by atoms with Gasteiger partial charge >= 0.3 is 0 Å². The molecule has 4 rings (SSSR count). The van der Waals surface area contributed by atoms with Crippen LogP contribution in [-0.2, 0) is 57.5 Å². The van der Waals surface area contributed by atoms with E-state index in [-0.39, 0.29) is 65.2 Å². The molecule has 10 atom stereocenters. The number of nitrogens with zero attached hydrogens (tertiary/aromatic N) is 8. The zero-order chi connectivity index (χ0) is 69.9. The lowest BCUT2D eigenvalue weighted by Gasteiger charge is -2.39. The molecule has 528 valence electrons. The second-order valence-corrected chi connectivity index (χ2v) is 30.9. The van der Waals surface area contributed by atoms with Crippen molar-refractivity contribution in [3.8, 4) is 0 Å². The number of likely N-dealkylation sites (N-methyl/N-ethyl adjacent to an activating group) is 7. The molecule has 1 saturated carbocycles. The largest absolute Gasteiger partial charge is 0.343 e. The van der Waals surface area contributed by atoms with E-state index in [0.29, 0.717) is 83.7 Å². The summed E-state index contributed by atoms with van der Waals surface area (Å²) in [5, 5.41) is 11.3. The lowest BCUT2D eigenvalue weighted by molar-refractivity contribution is -0.152. The molecule has 4 fully saturated rings. The molecule has 27 heteroatoms. The number of nitrogens with one attached hydrogen (secondary N) is 4. The summed E-state index contributed by atoms with van der Waals surface area (Å²) < 4.78 is -0.228. The van der Waals surface area contributed by atoms with Crippen LogP contribution in [0.2, 0.25) is 0 Å². The van der Waals surface area contributed by atoms with Crippen LogP contribution in [0, 0.1) is 23.7 Å². The maximum atomic E-state index is 15.1. The van der Waals surface area contributed by atoms with Gasteiger partial charge < -0.3 is 60.5 Å². The Morgan fingerprint density at radius 1 is 0.581 bits per heavy atom. The number of halogens is 2. The van der Waals surface area contributed by atoms with Gasteiger partial charge in [0.05, 0.1) is 30.8 Å². The number of alkyl halides is 2. The molecular formula is C66H112Cl2N12O12S. The van der Waals surface area contributed by atoms with E-state index in [2.05, 4.69) is 21.3 Å². The summed E-state index contributed by atoms with van der Waals surface area (Å²) >= 11 is 14.5. The monoisotopic (exact) mass is 1370 g/mol. The molecule has 93 heavy (non-hydrogen) atoms. The summed E-state index contributed by atoms with van der Waals surface area (Å²) in [6, 6.07) is -8.49. The molecule has 3 aliphatic heterocycles. The van der Waals surface area contributed by atoms with Crippen molar-refractivity contribution in [1.29, 1.82) is 0 Å². The van der Waals surface area contributed by atoms with E-state index in [9.17, 15) is 52.7 Å². The minimum absolute atomic E-state index is 0.0118. The van der Waals surface area contributed by atoms with Crippen molar-refractivity contribution < 1.29 is 57.5 Å². The van der Waals surface area contributed by atoms with E-state index < -0.39 is 151 Å². The molecule has 0 aromatic heterocycles. The van der Waals surface area contributed by atoms with Gasteiger partial charge in [0.1, 0.15) is 47.8 Å². The Morgan fingerprint density at radius 2 is 1.17 bits per heavy atom. The highest BCUT2D eigenvalue weighted by Crippen LogP contribution is 2.38. The Bertz CT molecular complexity index is 2610. The fourth-order valence-corrected chi connectivity index (χ4v) is 14.6. The molecule has 0 aromatic rings. The Morgan fingerprint density at radius 3 is 1.74 bits per heavy atom. The fraction of sp³-hybridized carbons (Fsp3) is 0.818. The van der Waals surface area contributed by atoms with Crippen molar-refractivity contribution in [3.63, 3.8) is 0 Å². The highest BCUT2D eigenvalue weighted by molar-refractivity contribution is 8.01. The van der Waals surface area contributed by atoms with Crippen LogP contribution in [0.15, 0.2) is 0 Å². The minimum atomic E-state index is -1.67. The van der Waals surface area contributed by atoms with Crippen molar-refractivity contribution in [3.05, 3.63) is 0 Å². The summed E-state index contributed by atoms with van der Waals surface area (Å²) in [6.07, 6.45) is 8.12. The smallest absolute Gasteiger partial charge is 0.246 e. The number of amides is 12. The van der Waals surface area contributed by atoms with Gasteiger partial charge in [-0.1, -0.05) is 67.7 Å². The predicted octanol–water partition coefficient (Wildman–Crippen LogP) is 4.80. The van der Waals surface area contributed by atoms with Crippen molar-refractivity contribution in [2.75, 3.05) is 82.1 Å². The second kappa shape index (κ2) is 37.2. The van der Waals surface area contributed by atoms with E-state index in [1.54, 1.807) is 11.8 Å². The highest BCUT2D eigenvalue weighted by atomic mass is 35.5. The first-order chi connectivity index (χ1) is 43.5. The van der Waals surface area contributed by atoms with Gasteiger partial charge in [0, 0.05) is 73.1 Å². The number of piperidine rings is 1. The molecule has 0 aromatic carbocycles. The first kappa shape index (κ1) is 80.0. The number of hydrogen-bond donors (Lipinski definition) is 4. The molecule has 24 nitrogen and oxygen atoms in total. The maximum absolute atomic E-state index is 15.1. The van der Waals surface area contributed by atoms with Gasteiger partial charge in [-0.2, -0.15) is 0 Å². The Kier molecular flexibility index (Phi) is 32.0. The average molecular weight is 1370 g/mol. The number of thioether (sulfide) groups is 1. The SMILES string of the molecule is CCCC[C@@H]1NC(=O)[C@H](CC2CCC(Cl)S2)NC(=O)CN(C)C(=O)[C@H](CC2CCC(Cl)CC2)N(C)C(=O)CN(C)C(=O)CN(C)C(=O)[C@H]([C@@H](C)CC)NC(=O)[C@H](CC(C)C)N(C)C(=O)C[C@@H](C(=O)N2CCCCC2)N(C)C(=O)[C@H](CC(C)C)NC(=O)C(C)(C)N(C)C1=O. The van der Waals surface area contributed by atoms with Crippen LogP contribution in [0.3, 0.4) is 0 Å². The van der Waals surface area contributed by atoms with Crippen LogP contribution in [0.25, 0.3) is 0 Å². The van der Waals surface area contributed by atoms with Crippen LogP contribution < -0.4 is 21.3 Å². The third-order valence-corrected chi connectivity index (χ3v) is 21.6. The zero-order valence-electron chi connectivity index (χ0n) is 58.5. The number of unbranched alkanes of at least 4 members (excludes halogenated alkanes) is 1. The molecule has 0 bridgehead atoms. The van der Waals surface area contributed by atoms with E-state index in [1.807, 2.05) is 41.5 Å². The quantitative estimate of drug-likeness (QED) is 0.170.